The first-order valence-electron chi connectivity index (χ1n) is 7.89. The lowest BCUT2D eigenvalue weighted by Gasteiger charge is -2.17. The van der Waals surface area contributed by atoms with Gasteiger partial charge in [-0.15, -0.1) is 0 Å². The highest BCUT2D eigenvalue weighted by Gasteiger charge is 2.17. The van der Waals surface area contributed by atoms with Crippen LogP contribution in [0.2, 0.25) is 0 Å². The Balaban J connectivity index is 1.90. The largest absolute Gasteiger partial charge is 0.497 e. The van der Waals surface area contributed by atoms with Crippen molar-refractivity contribution in [2.75, 3.05) is 7.11 Å². The van der Waals surface area contributed by atoms with E-state index in [1.54, 1.807) is 38.3 Å². The van der Waals surface area contributed by atoms with Crippen LogP contribution in [-0.4, -0.2) is 25.0 Å². The number of carbonyl (C=O) groups excluding carboxylic acids is 2. The van der Waals surface area contributed by atoms with Crippen molar-refractivity contribution >= 4 is 11.8 Å². The van der Waals surface area contributed by atoms with E-state index in [-0.39, 0.29) is 0 Å². The first-order chi connectivity index (χ1) is 11.9. The van der Waals surface area contributed by atoms with Crippen molar-refractivity contribution in [3.8, 4) is 11.5 Å². The molecule has 2 N–H and O–H groups in total. The fourth-order valence-corrected chi connectivity index (χ4v) is 2.13. The van der Waals surface area contributed by atoms with Gasteiger partial charge >= 0.3 is 0 Å². The zero-order valence-electron chi connectivity index (χ0n) is 14.8. The number of aryl methyl sites for hydroxylation is 1. The van der Waals surface area contributed by atoms with E-state index in [4.69, 9.17) is 9.47 Å². The minimum absolute atomic E-state index is 0.407. The van der Waals surface area contributed by atoms with E-state index in [1.165, 1.54) is 0 Å². The summed E-state index contributed by atoms with van der Waals surface area (Å²) >= 11 is 0. The van der Waals surface area contributed by atoms with Gasteiger partial charge in [-0.3, -0.25) is 20.4 Å². The predicted molar refractivity (Wildman–Crippen MR) is 94.6 cm³/mol. The van der Waals surface area contributed by atoms with Crippen LogP contribution < -0.4 is 20.3 Å². The maximum Gasteiger partial charge on any atom is 0.279 e. The lowest BCUT2D eigenvalue weighted by atomic mass is 10.1. The average Bonchev–Trinajstić information content (AvgIpc) is 2.63. The van der Waals surface area contributed by atoms with Crippen molar-refractivity contribution in [1.29, 1.82) is 0 Å². The first kappa shape index (κ1) is 18.3. The van der Waals surface area contributed by atoms with Gasteiger partial charge in [0.1, 0.15) is 11.5 Å². The number of nitrogens with one attached hydrogen (secondary N) is 2. The third-order valence-electron chi connectivity index (χ3n) is 3.88. The lowest BCUT2D eigenvalue weighted by molar-refractivity contribution is -0.128. The third-order valence-corrected chi connectivity index (χ3v) is 3.88. The smallest absolute Gasteiger partial charge is 0.279 e. The molecule has 2 aromatic rings. The maximum atomic E-state index is 12.1. The molecule has 0 heterocycles. The Labute approximate surface area is 147 Å². The fraction of sp³-hybridized carbons (Fsp3) is 0.263. The quantitative estimate of drug-likeness (QED) is 0.819. The molecular weight excluding hydrogens is 320 g/mol. The van der Waals surface area contributed by atoms with Crippen LogP contribution >= 0.6 is 0 Å². The highest BCUT2D eigenvalue weighted by atomic mass is 16.5. The standard InChI is InChI=1S/C19H22N2O4/c1-12-6-5-7-17(13(12)2)25-14(3)18(22)20-21-19(23)15-8-10-16(24-4)11-9-15/h5-11,14H,1-4H3,(H,20,22)(H,21,23)/t14-/m0/s1. The number of hydrazine groups is 1. The highest BCUT2D eigenvalue weighted by Crippen LogP contribution is 2.21. The molecule has 0 spiro atoms. The summed E-state index contributed by atoms with van der Waals surface area (Å²) < 4.78 is 10.7. The van der Waals surface area contributed by atoms with Gasteiger partial charge in [-0.25, -0.2) is 0 Å². The zero-order valence-corrected chi connectivity index (χ0v) is 14.8. The summed E-state index contributed by atoms with van der Waals surface area (Å²) in [5.41, 5.74) is 7.20. The highest BCUT2D eigenvalue weighted by molar-refractivity contribution is 5.95. The number of hydrogen-bond acceptors (Lipinski definition) is 4. The Bertz CT molecular complexity index is 757. The van der Waals surface area contributed by atoms with E-state index in [1.807, 2.05) is 32.0 Å². The van der Waals surface area contributed by atoms with E-state index >= 15 is 0 Å². The van der Waals surface area contributed by atoms with Crippen LogP contribution in [0.25, 0.3) is 0 Å². The summed E-state index contributed by atoms with van der Waals surface area (Å²) in [5, 5.41) is 0. The Morgan fingerprint density at radius 1 is 1.00 bits per heavy atom. The Hall–Kier alpha value is -3.02. The number of carbonyl (C=O) groups is 2. The van der Waals surface area contributed by atoms with Crippen molar-refractivity contribution in [2.45, 2.75) is 26.9 Å². The van der Waals surface area contributed by atoms with E-state index in [0.29, 0.717) is 17.1 Å². The third kappa shape index (κ3) is 4.73. The van der Waals surface area contributed by atoms with Gasteiger partial charge in [0.2, 0.25) is 0 Å². The SMILES string of the molecule is COc1ccc(C(=O)NNC(=O)[C@H](C)Oc2cccc(C)c2C)cc1. The molecule has 0 aliphatic heterocycles. The average molecular weight is 342 g/mol. The molecule has 6 heteroatoms. The number of ether oxygens (including phenoxy) is 2. The van der Waals surface area contributed by atoms with E-state index in [2.05, 4.69) is 10.9 Å². The van der Waals surface area contributed by atoms with E-state index in [0.717, 1.165) is 11.1 Å². The fourth-order valence-electron chi connectivity index (χ4n) is 2.13. The molecule has 0 aromatic heterocycles. The van der Waals surface area contributed by atoms with Gasteiger partial charge in [-0.05, 0) is 62.2 Å². The van der Waals surface area contributed by atoms with Crippen molar-refractivity contribution in [2.24, 2.45) is 0 Å². The van der Waals surface area contributed by atoms with Crippen LogP contribution in [0.5, 0.6) is 11.5 Å². The number of methoxy groups -OCH3 is 1. The van der Waals surface area contributed by atoms with Crippen molar-refractivity contribution in [1.82, 2.24) is 10.9 Å². The van der Waals surface area contributed by atoms with Crippen LogP contribution in [0.15, 0.2) is 42.5 Å². The predicted octanol–water partition coefficient (Wildman–Crippen LogP) is 2.54. The number of amides is 2. The molecule has 2 rings (SSSR count). The topological polar surface area (TPSA) is 76.7 Å². The second-order valence-corrected chi connectivity index (χ2v) is 5.63. The minimum atomic E-state index is -0.753. The Kier molecular flexibility index (Phi) is 6.00. The first-order valence-corrected chi connectivity index (χ1v) is 7.89. The molecule has 0 radical (unpaired) electrons. The number of rotatable bonds is 5. The molecule has 0 fully saturated rings. The summed E-state index contributed by atoms with van der Waals surface area (Å²) in [5.74, 6) is 0.429. The monoisotopic (exact) mass is 342 g/mol. The molecule has 0 aliphatic carbocycles. The lowest BCUT2D eigenvalue weighted by Crippen LogP contribution is -2.47. The zero-order chi connectivity index (χ0) is 18.4. The van der Waals surface area contributed by atoms with Crippen molar-refractivity contribution in [3.63, 3.8) is 0 Å². The van der Waals surface area contributed by atoms with Crippen LogP contribution in [0.1, 0.15) is 28.4 Å². The summed E-state index contributed by atoms with van der Waals surface area (Å²) in [6, 6.07) is 12.2. The number of hydrogen-bond donors (Lipinski definition) is 2. The second-order valence-electron chi connectivity index (χ2n) is 5.63. The molecule has 0 saturated heterocycles. The molecule has 0 saturated carbocycles. The van der Waals surface area contributed by atoms with Gasteiger partial charge in [-0.1, -0.05) is 12.1 Å². The maximum absolute atomic E-state index is 12.1. The summed E-state index contributed by atoms with van der Waals surface area (Å²) in [7, 11) is 1.55. The van der Waals surface area contributed by atoms with Gasteiger partial charge in [0.15, 0.2) is 6.10 Å². The molecule has 0 unspecified atom stereocenters. The molecule has 0 aliphatic rings. The summed E-state index contributed by atoms with van der Waals surface area (Å²) in [6.45, 7) is 5.53. The normalized spacial score (nSPS) is 11.4. The molecule has 0 bridgehead atoms. The van der Waals surface area contributed by atoms with E-state index < -0.39 is 17.9 Å². The summed E-state index contributed by atoms with van der Waals surface area (Å²) in [6.07, 6.45) is -0.753. The second kappa shape index (κ2) is 8.19. The van der Waals surface area contributed by atoms with Gasteiger partial charge in [0.05, 0.1) is 7.11 Å². The van der Waals surface area contributed by atoms with Crippen LogP contribution in [-0.2, 0) is 4.79 Å². The van der Waals surface area contributed by atoms with Gasteiger partial charge in [0.25, 0.3) is 11.8 Å². The van der Waals surface area contributed by atoms with Gasteiger partial charge in [-0.2, -0.15) is 0 Å². The van der Waals surface area contributed by atoms with Crippen LogP contribution in [0.3, 0.4) is 0 Å². The van der Waals surface area contributed by atoms with Crippen LogP contribution in [0, 0.1) is 13.8 Å². The molecule has 25 heavy (non-hydrogen) atoms. The molecular formula is C19H22N2O4. The molecule has 2 amide bonds. The molecule has 132 valence electrons. The van der Waals surface area contributed by atoms with Crippen LogP contribution in [0.4, 0.5) is 0 Å². The summed E-state index contributed by atoms with van der Waals surface area (Å²) in [4.78, 5) is 24.1. The van der Waals surface area contributed by atoms with Gasteiger partial charge in [0, 0.05) is 5.56 Å². The Morgan fingerprint density at radius 2 is 1.68 bits per heavy atom. The Morgan fingerprint density at radius 3 is 2.32 bits per heavy atom. The molecule has 6 nitrogen and oxygen atoms in total. The molecule has 2 aromatic carbocycles. The van der Waals surface area contributed by atoms with E-state index in [9.17, 15) is 9.59 Å². The van der Waals surface area contributed by atoms with Crippen molar-refractivity contribution in [3.05, 3.63) is 59.2 Å². The molecule has 1 atom stereocenters. The number of benzene rings is 2. The minimum Gasteiger partial charge on any atom is -0.497 e. The van der Waals surface area contributed by atoms with Crippen molar-refractivity contribution < 1.29 is 19.1 Å². The van der Waals surface area contributed by atoms with Gasteiger partial charge < -0.3 is 9.47 Å².